The Morgan fingerprint density at radius 3 is 0.657 bits per heavy atom. The highest BCUT2D eigenvalue weighted by Gasteiger charge is 2.31. The van der Waals surface area contributed by atoms with Gasteiger partial charge in [-0.2, -0.15) is 0 Å². The monoisotopic (exact) mass is 1580 g/mol. The van der Waals surface area contributed by atoms with Crippen LogP contribution in [0.5, 0.6) is 0 Å². The molecular formula is C89H174O17P2. The number of carbonyl (C=O) groups is 4. The van der Waals surface area contributed by atoms with Crippen LogP contribution in [0.1, 0.15) is 466 Å². The number of phosphoric ester groups is 2. The predicted octanol–water partition coefficient (Wildman–Crippen LogP) is 27.1. The number of aliphatic hydroxyl groups is 1. The van der Waals surface area contributed by atoms with Gasteiger partial charge in [0, 0.05) is 25.7 Å². The zero-order valence-corrected chi connectivity index (χ0v) is 73.3. The van der Waals surface area contributed by atoms with Gasteiger partial charge in [0.2, 0.25) is 0 Å². The second-order valence-electron chi connectivity index (χ2n) is 33.7. The van der Waals surface area contributed by atoms with Crippen LogP contribution in [-0.4, -0.2) is 96.7 Å². The summed E-state index contributed by atoms with van der Waals surface area (Å²) in [5, 5.41) is 10.7. The number of unbranched alkanes of at least 4 members (excludes halogenated alkanes) is 51. The number of hydrogen-bond donors (Lipinski definition) is 3. The maximum atomic E-state index is 13.2. The number of ether oxygens (including phenoxy) is 4. The van der Waals surface area contributed by atoms with Crippen LogP contribution in [-0.2, 0) is 65.4 Å². The molecule has 0 fully saturated rings. The SMILES string of the molecule is CCC(C)CCCCCCCCC(=O)OC[C@H](COP(=O)(O)OC[C@H](O)COP(=O)(O)OC[C@@H](COC(=O)CCCCCCCCCCCCCCCC(C)C)OC(=O)CCCCCCCCCCCCCCCCCCCCC(C)C)OC(=O)CCCCCCCCCCCCCCCCCCCCC(C)C. The third-order valence-electron chi connectivity index (χ3n) is 21.2. The van der Waals surface area contributed by atoms with Crippen molar-refractivity contribution in [3.8, 4) is 0 Å². The number of aliphatic hydroxyl groups excluding tert-OH is 1. The summed E-state index contributed by atoms with van der Waals surface area (Å²) in [5.74, 6) is 1.06. The summed E-state index contributed by atoms with van der Waals surface area (Å²) in [5.41, 5.74) is 0. The van der Waals surface area contributed by atoms with Crippen LogP contribution in [0.25, 0.3) is 0 Å². The largest absolute Gasteiger partial charge is 0.472 e. The molecule has 17 nitrogen and oxygen atoms in total. The van der Waals surface area contributed by atoms with E-state index in [2.05, 4.69) is 55.4 Å². The van der Waals surface area contributed by atoms with Crippen LogP contribution >= 0.6 is 15.6 Å². The smallest absolute Gasteiger partial charge is 0.462 e. The minimum absolute atomic E-state index is 0.107. The summed E-state index contributed by atoms with van der Waals surface area (Å²) in [7, 11) is -9.93. The summed E-state index contributed by atoms with van der Waals surface area (Å²) in [6, 6.07) is 0. The second kappa shape index (κ2) is 77.6. The fourth-order valence-corrected chi connectivity index (χ4v) is 15.4. The fraction of sp³-hybridized carbons (Fsp3) is 0.955. The molecule has 3 unspecified atom stereocenters. The molecule has 0 spiro atoms. The third-order valence-corrected chi connectivity index (χ3v) is 23.1. The lowest BCUT2D eigenvalue weighted by Gasteiger charge is -2.21. The minimum atomic E-state index is -4.97. The zero-order chi connectivity index (χ0) is 79.5. The molecule has 0 aliphatic carbocycles. The van der Waals surface area contributed by atoms with E-state index < -0.39 is 97.5 Å². The van der Waals surface area contributed by atoms with E-state index in [9.17, 15) is 43.2 Å². The standard InChI is InChI=1S/C89H174O17P2/c1-9-82(8)68-60-52-47-48-54-62-70-87(92)100-76-85(106-89(94)72-64-56-46-40-34-27-21-17-13-11-15-19-24-30-36-42-50-58-66-80(4)5)78-104-108(97,98)102-74-83(90)73-101-107(95,96)103-77-84(75-99-86(91)69-61-53-44-38-32-28-22-25-31-37-43-51-59-67-81(6)7)105-88(93)71-63-55-45-39-33-26-20-16-12-10-14-18-23-29-35-41-49-57-65-79(2)3/h79-85,90H,9-78H2,1-8H3,(H,95,96)(H,97,98)/t82?,83-,84-,85-/m1/s1. The van der Waals surface area contributed by atoms with Crippen LogP contribution < -0.4 is 0 Å². The molecule has 0 saturated carbocycles. The van der Waals surface area contributed by atoms with Gasteiger partial charge in [0.1, 0.15) is 19.3 Å². The lowest BCUT2D eigenvalue weighted by molar-refractivity contribution is -0.161. The third kappa shape index (κ3) is 80.7. The number of carbonyl (C=O) groups excluding carboxylic acids is 4. The Morgan fingerprint density at radius 1 is 0.259 bits per heavy atom. The molecule has 642 valence electrons. The first-order valence-corrected chi connectivity index (χ1v) is 48.7. The number of esters is 4. The van der Waals surface area contributed by atoms with E-state index in [0.29, 0.717) is 25.7 Å². The van der Waals surface area contributed by atoms with Crippen molar-refractivity contribution in [3.63, 3.8) is 0 Å². The van der Waals surface area contributed by atoms with Crippen molar-refractivity contribution in [2.24, 2.45) is 23.7 Å². The van der Waals surface area contributed by atoms with Gasteiger partial charge in [-0.15, -0.1) is 0 Å². The molecule has 108 heavy (non-hydrogen) atoms. The summed E-state index contributed by atoms with van der Waals surface area (Å²) in [6.45, 7) is 14.4. The highest BCUT2D eigenvalue weighted by Crippen LogP contribution is 2.45. The molecule has 0 bridgehead atoms. The van der Waals surface area contributed by atoms with E-state index in [-0.39, 0.29) is 25.7 Å². The second-order valence-corrected chi connectivity index (χ2v) is 36.6. The molecule has 0 aliphatic heterocycles. The zero-order valence-electron chi connectivity index (χ0n) is 71.5. The van der Waals surface area contributed by atoms with Crippen LogP contribution in [0.2, 0.25) is 0 Å². The average molecular weight is 1580 g/mol. The van der Waals surface area contributed by atoms with Crippen LogP contribution in [0, 0.1) is 23.7 Å². The van der Waals surface area contributed by atoms with Crippen molar-refractivity contribution in [1.82, 2.24) is 0 Å². The Balaban J connectivity index is 5.21. The first-order chi connectivity index (χ1) is 52.1. The van der Waals surface area contributed by atoms with Crippen molar-refractivity contribution in [2.75, 3.05) is 39.6 Å². The van der Waals surface area contributed by atoms with E-state index in [4.69, 9.17) is 37.0 Å². The molecule has 0 aromatic heterocycles. The van der Waals surface area contributed by atoms with Gasteiger partial charge in [-0.1, -0.05) is 415 Å². The van der Waals surface area contributed by atoms with E-state index >= 15 is 0 Å². The Labute approximate surface area is 664 Å². The molecule has 0 saturated heterocycles. The summed E-state index contributed by atoms with van der Waals surface area (Å²) < 4.78 is 69.0. The summed E-state index contributed by atoms with van der Waals surface area (Å²) >= 11 is 0. The van der Waals surface area contributed by atoms with Crippen LogP contribution in [0.3, 0.4) is 0 Å². The van der Waals surface area contributed by atoms with Crippen LogP contribution in [0.4, 0.5) is 0 Å². The molecule has 0 amide bonds. The Hall–Kier alpha value is -1.94. The van der Waals surface area contributed by atoms with Crippen molar-refractivity contribution in [2.45, 2.75) is 485 Å². The van der Waals surface area contributed by atoms with Gasteiger partial charge >= 0.3 is 39.5 Å². The van der Waals surface area contributed by atoms with Crippen molar-refractivity contribution in [1.29, 1.82) is 0 Å². The normalized spacial score (nSPS) is 14.1. The van der Waals surface area contributed by atoms with Crippen molar-refractivity contribution >= 4 is 39.5 Å². The topological polar surface area (TPSA) is 237 Å². The lowest BCUT2D eigenvalue weighted by Crippen LogP contribution is -2.30. The Morgan fingerprint density at radius 2 is 0.444 bits per heavy atom. The van der Waals surface area contributed by atoms with Crippen molar-refractivity contribution < 1.29 is 80.2 Å². The molecular weight excluding hydrogens is 1400 g/mol. The molecule has 19 heteroatoms. The van der Waals surface area contributed by atoms with E-state index in [1.807, 2.05) is 0 Å². The van der Waals surface area contributed by atoms with Gasteiger partial charge in [0.25, 0.3) is 0 Å². The summed E-state index contributed by atoms with van der Waals surface area (Å²) in [4.78, 5) is 73.3. The molecule has 0 rings (SSSR count). The molecule has 0 aliphatic rings. The van der Waals surface area contributed by atoms with Gasteiger partial charge in [0.15, 0.2) is 12.2 Å². The lowest BCUT2D eigenvalue weighted by atomic mass is 10.00. The number of rotatable bonds is 86. The van der Waals surface area contributed by atoms with Gasteiger partial charge in [0.05, 0.1) is 26.4 Å². The highest BCUT2D eigenvalue weighted by atomic mass is 31.2. The maximum absolute atomic E-state index is 13.2. The molecule has 0 aromatic rings. The average Bonchev–Trinajstić information content (AvgIpc) is 0.899. The molecule has 3 N–H and O–H groups in total. The van der Waals surface area contributed by atoms with Gasteiger partial charge in [-0.25, -0.2) is 9.13 Å². The number of phosphoric acid groups is 2. The van der Waals surface area contributed by atoms with Crippen molar-refractivity contribution in [3.05, 3.63) is 0 Å². The maximum Gasteiger partial charge on any atom is 0.472 e. The van der Waals surface area contributed by atoms with Gasteiger partial charge < -0.3 is 33.8 Å². The Bertz CT molecular complexity index is 2100. The minimum Gasteiger partial charge on any atom is -0.462 e. The predicted molar refractivity (Wildman–Crippen MR) is 446 cm³/mol. The number of hydrogen-bond acceptors (Lipinski definition) is 15. The summed E-state index contributed by atoms with van der Waals surface area (Å²) in [6.07, 6.45) is 68.2. The Kier molecular flexibility index (Phi) is 76.2. The fourth-order valence-electron chi connectivity index (χ4n) is 13.8. The molecule has 0 heterocycles. The first kappa shape index (κ1) is 106. The molecule has 0 radical (unpaired) electrons. The highest BCUT2D eigenvalue weighted by molar-refractivity contribution is 7.47. The van der Waals surface area contributed by atoms with E-state index in [1.165, 1.54) is 263 Å². The molecule has 6 atom stereocenters. The quantitative estimate of drug-likeness (QED) is 0.0222. The van der Waals surface area contributed by atoms with Gasteiger partial charge in [-0.3, -0.25) is 37.3 Å². The van der Waals surface area contributed by atoms with E-state index in [0.717, 1.165) is 120 Å². The van der Waals surface area contributed by atoms with Gasteiger partial charge in [-0.05, 0) is 49.4 Å². The van der Waals surface area contributed by atoms with Crippen LogP contribution in [0.15, 0.2) is 0 Å². The van der Waals surface area contributed by atoms with E-state index in [1.54, 1.807) is 0 Å². The molecule has 0 aromatic carbocycles. The first-order valence-electron chi connectivity index (χ1n) is 45.7.